The van der Waals surface area contributed by atoms with Gasteiger partial charge in [-0.25, -0.2) is 4.98 Å². The number of allylic oxidation sites excluding steroid dienone is 1. The topological polar surface area (TPSA) is 12.9 Å². The molecule has 4 heteroatoms. The normalized spacial score (nSPS) is 9.92. The van der Waals surface area contributed by atoms with Crippen molar-refractivity contribution in [2.45, 2.75) is 0 Å². The van der Waals surface area contributed by atoms with Crippen LogP contribution in [0.4, 0.5) is 0 Å². The van der Waals surface area contributed by atoms with Gasteiger partial charge in [-0.1, -0.05) is 45.7 Å². The predicted molar refractivity (Wildman–Crippen MR) is 57.1 cm³/mol. The zero-order valence-electron chi connectivity index (χ0n) is 6.15. The molecule has 0 saturated carbocycles. The van der Waals surface area contributed by atoms with Crippen LogP contribution in [-0.2, 0) is 0 Å². The largest absolute Gasteiger partial charge is 0.224 e. The second kappa shape index (κ2) is 4.26. The van der Waals surface area contributed by atoms with Crippen LogP contribution in [0.1, 0.15) is 5.56 Å². The molecule has 1 aromatic rings. The average molecular weight is 267 g/mol. The van der Waals surface area contributed by atoms with Gasteiger partial charge in [0.2, 0.25) is 0 Å². The summed E-state index contributed by atoms with van der Waals surface area (Å²) in [5.74, 6) is 0. The van der Waals surface area contributed by atoms with Crippen LogP contribution in [0.5, 0.6) is 0 Å². The standard InChI is InChI=1S/C8H6BrCl2N/c1-5(4-9)6-2-3-7(10)12-8(6)11/h2-3H,1,4H2. The van der Waals surface area contributed by atoms with Crippen molar-refractivity contribution < 1.29 is 0 Å². The molecule has 0 aromatic carbocycles. The van der Waals surface area contributed by atoms with Crippen molar-refractivity contribution in [1.82, 2.24) is 4.98 Å². The lowest BCUT2D eigenvalue weighted by atomic mass is 10.1. The highest BCUT2D eigenvalue weighted by atomic mass is 79.9. The molecule has 1 nitrogen and oxygen atoms in total. The SMILES string of the molecule is C=C(CBr)c1ccc(Cl)nc1Cl. The van der Waals surface area contributed by atoms with E-state index in [0.29, 0.717) is 15.6 Å². The molecule has 0 bridgehead atoms. The van der Waals surface area contributed by atoms with Gasteiger partial charge in [-0.3, -0.25) is 0 Å². The smallest absolute Gasteiger partial charge is 0.138 e. The number of rotatable bonds is 2. The minimum absolute atomic E-state index is 0.395. The number of nitrogens with zero attached hydrogens (tertiary/aromatic N) is 1. The fourth-order valence-corrected chi connectivity index (χ4v) is 1.53. The highest BCUT2D eigenvalue weighted by Crippen LogP contribution is 2.23. The van der Waals surface area contributed by atoms with E-state index in [2.05, 4.69) is 27.5 Å². The number of hydrogen-bond donors (Lipinski definition) is 0. The summed E-state index contributed by atoms with van der Waals surface area (Å²) in [6, 6.07) is 3.50. The van der Waals surface area contributed by atoms with E-state index in [-0.39, 0.29) is 0 Å². The molecular weight excluding hydrogens is 261 g/mol. The van der Waals surface area contributed by atoms with Crippen molar-refractivity contribution in [3.8, 4) is 0 Å². The molecule has 0 aliphatic carbocycles. The number of pyridine rings is 1. The fourth-order valence-electron chi connectivity index (χ4n) is 0.748. The molecule has 0 aliphatic rings. The Balaban J connectivity index is 3.09. The molecule has 0 saturated heterocycles. The lowest BCUT2D eigenvalue weighted by Gasteiger charge is -2.03. The van der Waals surface area contributed by atoms with Gasteiger partial charge in [0.1, 0.15) is 10.3 Å². The molecule has 0 radical (unpaired) electrons. The Morgan fingerprint density at radius 2 is 2.17 bits per heavy atom. The van der Waals surface area contributed by atoms with Gasteiger partial charge in [-0.15, -0.1) is 0 Å². The van der Waals surface area contributed by atoms with Crippen LogP contribution in [0.15, 0.2) is 18.7 Å². The summed E-state index contributed by atoms with van der Waals surface area (Å²) in [5.41, 5.74) is 1.72. The zero-order chi connectivity index (χ0) is 9.14. The van der Waals surface area contributed by atoms with Crippen molar-refractivity contribution in [2.24, 2.45) is 0 Å². The third kappa shape index (κ3) is 2.22. The Labute approximate surface area is 89.5 Å². The van der Waals surface area contributed by atoms with E-state index in [4.69, 9.17) is 23.2 Å². The Morgan fingerprint density at radius 3 is 2.67 bits per heavy atom. The van der Waals surface area contributed by atoms with Crippen LogP contribution >= 0.6 is 39.1 Å². The monoisotopic (exact) mass is 265 g/mol. The van der Waals surface area contributed by atoms with Crippen LogP contribution < -0.4 is 0 Å². The Kier molecular flexibility index (Phi) is 3.56. The third-order valence-corrected chi connectivity index (χ3v) is 2.53. The number of aromatic nitrogens is 1. The van der Waals surface area contributed by atoms with E-state index in [9.17, 15) is 0 Å². The molecule has 12 heavy (non-hydrogen) atoms. The maximum Gasteiger partial charge on any atom is 0.138 e. The zero-order valence-corrected chi connectivity index (χ0v) is 9.25. The molecule has 1 aromatic heterocycles. The number of hydrogen-bond acceptors (Lipinski definition) is 1. The Hall–Kier alpha value is -0.0500. The summed E-state index contributed by atoms with van der Waals surface area (Å²) in [6.45, 7) is 3.82. The van der Waals surface area contributed by atoms with E-state index in [1.807, 2.05) is 0 Å². The first-order valence-corrected chi connectivity index (χ1v) is 5.09. The van der Waals surface area contributed by atoms with Crippen LogP contribution in [-0.4, -0.2) is 10.3 Å². The first kappa shape index (κ1) is 10.0. The Morgan fingerprint density at radius 1 is 1.50 bits per heavy atom. The first-order valence-electron chi connectivity index (χ1n) is 3.21. The van der Waals surface area contributed by atoms with E-state index >= 15 is 0 Å². The minimum Gasteiger partial charge on any atom is -0.224 e. The van der Waals surface area contributed by atoms with Gasteiger partial charge in [0, 0.05) is 10.9 Å². The van der Waals surface area contributed by atoms with Crippen molar-refractivity contribution in [3.05, 3.63) is 34.6 Å². The van der Waals surface area contributed by atoms with Gasteiger partial charge in [0.05, 0.1) is 0 Å². The van der Waals surface area contributed by atoms with Gasteiger partial charge in [-0.05, 0) is 17.7 Å². The van der Waals surface area contributed by atoms with Gasteiger partial charge < -0.3 is 0 Å². The van der Waals surface area contributed by atoms with Gasteiger partial charge >= 0.3 is 0 Å². The molecule has 64 valence electrons. The maximum absolute atomic E-state index is 5.83. The second-order valence-corrected chi connectivity index (χ2v) is 3.52. The number of halogens is 3. The van der Waals surface area contributed by atoms with E-state index in [0.717, 1.165) is 11.1 Å². The van der Waals surface area contributed by atoms with Crippen molar-refractivity contribution in [1.29, 1.82) is 0 Å². The summed E-state index contributed by atoms with van der Waals surface area (Å²) >= 11 is 14.7. The lowest BCUT2D eigenvalue weighted by molar-refractivity contribution is 1.31. The highest BCUT2D eigenvalue weighted by molar-refractivity contribution is 9.09. The summed E-state index contributed by atoms with van der Waals surface area (Å²) in [5, 5.41) is 1.47. The van der Waals surface area contributed by atoms with Gasteiger partial charge in [0.15, 0.2) is 0 Å². The maximum atomic E-state index is 5.83. The molecule has 1 rings (SSSR count). The molecule has 0 aliphatic heterocycles. The van der Waals surface area contributed by atoms with Crippen molar-refractivity contribution in [2.75, 3.05) is 5.33 Å². The van der Waals surface area contributed by atoms with Gasteiger partial charge in [0.25, 0.3) is 0 Å². The average Bonchev–Trinajstić information content (AvgIpc) is 2.03. The summed E-state index contributed by atoms with van der Waals surface area (Å²) in [7, 11) is 0. The molecular formula is C8H6BrCl2N. The van der Waals surface area contributed by atoms with Crippen LogP contribution in [0, 0.1) is 0 Å². The van der Waals surface area contributed by atoms with Crippen LogP contribution in [0.3, 0.4) is 0 Å². The van der Waals surface area contributed by atoms with Gasteiger partial charge in [-0.2, -0.15) is 0 Å². The van der Waals surface area contributed by atoms with Crippen LogP contribution in [0.25, 0.3) is 5.57 Å². The molecule has 0 amide bonds. The van der Waals surface area contributed by atoms with E-state index in [1.54, 1.807) is 12.1 Å². The summed E-state index contributed by atoms with van der Waals surface area (Å²) < 4.78 is 0. The molecule has 0 N–H and O–H groups in total. The molecule has 0 atom stereocenters. The second-order valence-electron chi connectivity index (χ2n) is 2.21. The molecule has 0 unspecified atom stereocenters. The highest BCUT2D eigenvalue weighted by Gasteiger charge is 2.04. The van der Waals surface area contributed by atoms with E-state index < -0.39 is 0 Å². The summed E-state index contributed by atoms with van der Waals surface area (Å²) in [6.07, 6.45) is 0. The van der Waals surface area contributed by atoms with E-state index in [1.165, 1.54) is 0 Å². The number of alkyl halides is 1. The van der Waals surface area contributed by atoms with Crippen molar-refractivity contribution in [3.63, 3.8) is 0 Å². The lowest BCUT2D eigenvalue weighted by Crippen LogP contribution is -1.88. The summed E-state index contributed by atoms with van der Waals surface area (Å²) in [4.78, 5) is 3.89. The fraction of sp³-hybridized carbons (Fsp3) is 0.125. The van der Waals surface area contributed by atoms with Crippen molar-refractivity contribution >= 4 is 44.7 Å². The molecule has 0 fully saturated rings. The Bertz CT molecular complexity index is 312. The predicted octanol–water partition coefficient (Wildman–Crippen LogP) is 3.80. The minimum atomic E-state index is 0.395. The third-order valence-electron chi connectivity index (χ3n) is 1.36. The molecule has 1 heterocycles. The first-order chi connectivity index (χ1) is 5.65. The quantitative estimate of drug-likeness (QED) is 0.586. The van der Waals surface area contributed by atoms with Crippen LogP contribution in [0.2, 0.25) is 10.3 Å². The molecule has 0 spiro atoms.